The zero-order valence-electron chi connectivity index (χ0n) is 13.0. The van der Waals surface area contributed by atoms with E-state index in [0.29, 0.717) is 12.0 Å². The maximum absolute atomic E-state index is 11.2. The maximum Gasteiger partial charge on any atom is 0.221 e. The van der Waals surface area contributed by atoms with Crippen LogP contribution in [0.15, 0.2) is 18.2 Å². The van der Waals surface area contributed by atoms with Crippen LogP contribution in [-0.4, -0.2) is 11.9 Å². The Labute approximate surface area is 122 Å². The van der Waals surface area contributed by atoms with Crippen molar-refractivity contribution in [2.45, 2.75) is 53.0 Å². The van der Waals surface area contributed by atoms with Crippen LogP contribution in [0.3, 0.4) is 0 Å². The molecule has 1 amide bonds. The van der Waals surface area contributed by atoms with Crippen molar-refractivity contribution in [3.05, 3.63) is 23.8 Å². The van der Waals surface area contributed by atoms with Crippen LogP contribution in [-0.2, 0) is 4.79 Å². The summed E-state index contributed by atoms with van der Waals surface area (Å²) < 4.78 is 0. The predicted molar refractivity (Wildman–Crippen MR) is 85.1 cm³/mol. The van der Waals surface area contributed by atoms with Crippen LogP contribution in [0.5, 0.6) is 0 Å². The summed E-state index contributed by atoms with van der Waals surface area (Å²) >= 11 is 0. The molecule has 1 aromatic carbocycles. The van der Waals surface area contributed by atoms with Crippen LogP contribution < -0.4 is 10.6 Å². The van der Waals surface area contributed by atoms with Crippen molar-refractivity contribution in [1.82, 2.24) is 0 Å². The molecule has 1 aromatic rings. The topological polar surface area (TPSA) is 41.1 Å². The fraction of sp³-hybridized carbons (Fsp3) is 0.588. The second kappa shape index (κ2) is 6.29. The molecule has 0 aromatic heterocycles. The number of nitrogens with one attached hydrogen (secondary N) is 2. The van der Waals surface area contributed by atoms with Gasteiger partial charge in [0.05, 0.1) is 0 Å². The molecule has 3 nitrogen and oxygen atoms in total. The highest BCUT2D eigenvalue weighted by Crippen LogP contribution is 2.31. The van der Waals surface area contributed by atoms with Crippen LogP contribution in [0.25, 0.3) is 0 Å². The van der Waals surface area contributed by atoms with E-state index in [0.717, 1.165) is 22.9 Å². The summed E-state index contributed by atoms with van der Waals surface area (Å²) in [6.07, 6.45) is 3.82. The highest BCUT2D eigenvalue weighted by Gasteiger charge is 2.25. The van der Waals surface area contributed by atoms with Gasteiger partial charge in [0.25, 0.3) is 0 Å². The van der Waals surface area contributed by atoms with Gasteiger partial charge in [-0.05, 0) is 55.7 Å². The minimum absolute atomic E-state index is 0.0230. The van der Waals surface area contributed by atoms with E-state index in [9.17, 15) is 4.79 Å². The standard InChI is InChI=1S/C17H26N2O/c1-11-5-8-16(13(3)9-11)19-15-7-6-12(2)17(10-15)18-14(4)20/h6-7,10-11,13,16,19H,5,8-9H2,1-4H3,(H,18,20). The van der Waals surface area contributed by atoms with Gasteiger partial charge in [-0.25, -0.2) is 0 Å². The van der Waals surface area contributed by atoms with Crippen LogP contribution in [0.2, 0.25) is 0 Å². The molecule has 0 spiro atoms. The van der Waals surface area contributed by atoms with Crippen molar-refractivity contribution in [3.8, 4) is 0 Å². The van der Waals surface area contributed by atoms with Gasteiger partial charge >= 0.3 is 0 Å². The molecule has 0 radical (unpaired) electrons. The Hall–Kier alpha value is -1.51. The molecule has 110 valence electrons. The summed E-state index contributed by atoms with van der Waals surface area (Å²) in [6.45, 7) is 8.23. The maximum atomic E-state index is 11.2. The molecule has 1 fully saturated rings. The minimum atomic E-state index is -0.0230. The smallest absolute Gasteiger partial charge is 0.221 e. The Bertz CT molecular complexity index is 484. The molecule has 3 heteroatoms. The van der Waals surface area contributed by atoms with E-state index < -0.39 is 0 Å². The largest absolute Gasteiger partial charge is 0.382 e. The second-order valence-electron chi connectivity index (χ2n) is 6.36. The molecule has 0 saturated heterocycles. The van der Waals surface area contributed by atoms with Gasteiger partial charge in [-0.3, -0.25) is 4.79 Å². The number of rotatable bonds is 3. The molecule has 3 unspecified atom stereocenters. The Morgan fingerprint density at radius 3 is 2.65 bits per heavy atom. The van der Waals surface area contributed by atoms with Gasteiger partial charge in [0, 0.05) is 24.3 Å². The normalized spacial score (nSPS) is 26.1. The molecular formula is C17H26N2O. The third-order valence-corrected chi connectivity index (χ3v) is 4.33. The second-order valence-corrected chi connectivity index (χ2v) is 6.36. The predicted octanol–water partition coefficient (Wildman–Crippen LogP) is 4.19. The summed E-state index contributed by atoms with van der Waals surface area (Å²) in [7, 11) is 0. The summed E-state index contributed by atoms with van der Waals surface area (Å²) in [5, 5.41) is 6.53. The Balaban J connectivity index is 2.07. The highest BCUT2D eigenvalue weighted by atomic mass is 16.1. The summed E-state index contributed by atoms with van der Waals surface area (Å²) in [4.78, 5) is 11.2. The van der Waals surface area contributed by atoms with Crippen molar-refractivity contribution in [2.24, 2.45) is 11.8 Å². The lowest BCUT2D eigenvalue weighted by Crippen LogP contribution is -2.33. The number of hydrogen-bond donors (Lipinski definition) is 2. The summed E-state index contributed by atoms with van der Waals surface area (Å²) in [5.41, 5.74) is 3.10. The van der Waals surface area contributed by atoms with Crippen LogP contribution in [0.4, 0.5) is 11.4 Å². The van der Waals surface area contributed by atoms with Gasteiger partial charge in [0.15, 0.2) is 0 Å². The zero-order chi connectivity index (χ0) is 14.7. The molecule has 2 N–H and O–H groups in total. The third-order valence-electron chi connectivity index (χ3n) is 4.33. The lowest BCUT2D eigenvalue weighted by atomic mass is 9.80. The Morgan fingerprint density at radius 2 is 2.00 bits per heavy atom. The van der Waals surface area contributed by atoms with E-state index in [1.165, 1.54) is 19.3 Å². The number of carbonyl (C=O) groups excluding carboxylic acids is 1. The van der Waals surface area contributed by atoms with E-state index in [2.05, 4.69) is 36.6 Å². The molecule has 20 heavy (non-hydrogen) atoms. The minimum Gasteiger partial charge on any atom is -0.382 e. The van der Waals surface area contributed by atoms with Crippen LogP contribution in [0, 0.1) is 18.8 Å². The van der Waals surface area contributed by atoms with Crippen molar-refractivity contribution >= 4 is 17.3 Å². The average molecular weight is 274 g/mol. The average Bonchev–Trinajstić information content (AvgIpc) is 2.36. The molecule has 0 aliphatic heterocycles. The molecular weight excluding hydrogens is 248 g/mol. The highest BCUT2D eigenvalue weighted by molar-refractivity contribution is 5.90. The van der Waals surface area contributed by atoms with Gasteiger partial charge in [0.1, 0.15) is 0 Å². The fourth-order valence-corrected chi connectivity index (χ4v) is 3.13. The van der Waals surface area contributed by atoms with Crippen molar-refractivity contribution < 1.29 is 4.79 Å². The Morgan fingerprint density at radius 1 is 1.25 bits per heavy atom. The van der Waals surface area contributed by atoms with Gasteiger partial charge in [0.2, 0.25) is 5.91 Å². The summed E-state index contributed by atoms with van der Waals surface area (Å²) in [6, 6.07) is 6.75. The van der Waals surface area contributed by atoms with Gasteiger partial charge in [-0.1, -0.05) is 19.9 Å². The van der Waals surface area contributed by atoms with Crippen LogP contribution in [0.1, 0.15) is 45.6 Å². The van der Waals surface area contributed by atoms with E-state index in [4.69, 9.17) is 0 Å². The van der Waals surface area contributed by atoms with E-state index in [-0.39, 0.29) is 5.91 Å². The van der Waals surface area contributed by atoms with Crippen molar-refractivity contribution in [1.29, 1.82) is 0 Å². The number of hydrogen-bond acceptors (Lipinski definition) is 2. The molecule has 0 bridgehead atoms. The first kappa shape index (κ1) is 14.9. The first-order valence-corrected chi connectivity index (χ1v) is 7.60. The SMILES string of the molecule is CC(=O)Nc1cc(NC2CCC(C)CC2C)ccc1C. The number of benzene rings is 1. The van der Waals surface area contributed by atoms with Crippen molar-refractivity contribution in [2.75, 3.05) is 10.6 Å². The first-order chi connectivity index (χ1) is 9.45. The zero-order valence-corrected chi connectivity index (χ0v) is 13.0. The Kier molecular flexibility index (Phi) is 4.69. The van der Waals surface area contributed by atoms with E-state index >= 15 is 0 Å². The number of carbonyl (C=O) groups is 1. The quantitative estimate of drug-likeness (QED) is 0.867. The van der Waals surface area contributed by atoms with E-state index in [1.807, 2.05) is 13.0 Å². The fourth-order valence-electron chi connectivity index (χ4n) is 3.13. The molecule has 2 rings (SSSR count). The van der Waals surface area contributed by atoms with E-state index in [1.54, 1.807) is 6.92 Å². The number of aryl methyl sites for hydroxylation is 1. The summed E-state index contributed by atoms with van der Waals surface area (Å²) in [5.74, 6) is 1.52. The molecule has 3 atom stereocenters. The number of amides is 1. The van der Waals surface area contributed by atoms with Gasteiger partial charge in [-0.15, -0.1) is 0 Å². The molecule has 0 heterocycles. The van der Waals surface area contributed by atoms with Crippen molar-refractivity contribution in [3.63, 3.8) is 0 Å². The monoisotopic (exact) mass is 274 g/mol. The molecule has 1 saturated carbocycles. The van der Waals surface area contributed by atoms with Gasteiger partial charge < -0.3 is 10.6 Å². The molecule has 1 aliphatic rings. The lowest BCUT2D eigenvalue weighted by molar-refractivity contribution is -0.114. The van der Waals surface area contributed by atoms with Crippen LogP contribution >= 0.6 is 0 Å². The third kappa shape index (κ3) is 3.75. The first-order valence-electron chi connectivity index (χ1n) is 7.60. The molecule has 1 aliphatic carbocycles. The number of anilines is 2. The lowest BCUT2D eigenvalue weighted by Gasteiger charge is -2.34. The van der Waals surface area contributed by atoms with Gasteiger partial charge in [-0.2, -0.15) is 0 Å².